The number of hydrogen-bond donors (Lipinski definition) is 1. The summed E-state index contributed by atoms with van der Waals surface area (Å²) in [6.07, 6.45) is 1.44. The third-order valence-corrected chi connectivity index (χ3v) is 5.74. The Kier molecular flexibility index (Phi) is 8.67. The van der Waals surface area contributed by atoms with Gasteiger partial charge in [-0.2, -0.15) is 5.26 Å². The van der Waals surface area contributed by atoms with E-state index in [2.05, 4.69) is 5.32 Å². The summed E-state index contributed by atoms with van der Waals surface area (Å²) in [7, 11) is 0. The number of anilines is 1. The van der Waals surface area contributed by atoms with Crippen molar-refractivity contribution in [3.8, 4) is 17.6 Å². The molecule has 4 aromatic rings. The van der Waals surface area contributed by atoms with Gasteiger partial charge in [0.15, 0.2) is 0 Å². The number of ether oxygens (including phenoxy) is 2. The predicted molar refractivity (Wildman–Crippen MR) is 148 cm³/mol. The van der Waals surface area contributed by atoms with Gasteiger partial charge in [0.1, 0.15) is 36.4 Å². The summed E-state index contributed by atoms with van der Waals surface area (Å²) in [5.41, 5.74) is 3.75. The number of amides is 1. The minimum absolute atomic E-state index is 0.0291. The largest absolute Gasteiger partial charge is 0.489 e. The van der Waals surface area contributed by atoms with Crippen LogP contribution >= 0.6 is 0 Å². The van der Waals surface area contributed by atoms with Crippen LogP contribution in [-0.2, 0) is 18.0 Å². The first kappa shape index (κ1) is 26.6. The van der Waals surface area contributed by atoms with Crippen LogP contribution < -0.4 is 14.8 Å². The van der Waals surface area contributed by atoms with Gasteiger partial charge in [-0.15, -0.1) is 0 Å². The standard InChI is InChI=1S/C31H25N3O5/c1-22-9-11-23(12-10-22)20-38-29-15-13-27(14-16-29)33-31(35)26(19-32)18-25-6-2-3-8-30(25)39-21-24-5-4-7-28(17-24)34(36)37/h2-18H,20-21H2,1H3,(H,33,35)/b26-18+. The molecule has 4 rings (SSSR count). The second-order valence-electron chi connectivity index (χ2n) is 8.68. The van der Waals surface area contributed by atoms with Crippen molar-refractivity contribution >= 4 is 23.4 Å². The molecule has 0 atom stereocenters. The lowest BCUT2D eigenvalue weighted by Crippen LogP contribution is -2.13. The quantitative estimate of drug-likeness (QED) is 0.109. The summed E-state index contributed by atoms with van der Waals surface area (Å²) in [4.78, 5) is 23.4. The van der Waals surface area contributed by atoms with E-state index < -0.39 is 10.8 Å². The summed E-state index contributed by atoms with van der Waals surface area (Å²) >= 11 is 0. The van der Waals surface area contributed by atoms with Crippen LogP contribution in [0.25, 0.3) is 6.08 Å². The highest BCUT2D eigenvalue weighted by molar-refractivity contribution is 6.09. The predicted octanol–water partition coefficient (Wildman–Crippen LogP) is 6.61. The second-order valence-corrected chi connectivity index (χ2v) is 8.68. The fraction of sp³-hybridized carbons (Fsp3) is 0.0968. The Hall–Kier alpha value is -5.42. The molecule has 1 N–H and O–H groups in total. The van der Waals surface area contributed by atoms with Crippen molar-refractivity contribution in [1.29, 1.82) is 5.26 Å². The molecule has 194 valence electrons. The van der Waals surface area contributed by atoms with E-state index in [1.807, 2.05) is 37.3 Å². The summed E-state index contributed by atoms with van der Waals surface area (Å²) in [6.45, 7) is 2.54. The van der Waals surface area contributed by atoms with Crippen LogP contribution in [0.3, 0.4) is 0 Å². The number of nitriles is 1. The number of benzene rings is 4. The Morgan fingerprint density at radius 2 is 1.64 bits per heavy atom. The van der Waals surface area contributed by atoms with Gasteiger partial charge in [-0.1, -0.05) is 60.2 Å². The average molecular weight is 520 g/mol. The van der Waals surface area contributed by atoms with Gasteiger partial charge in [0.05, 0.1) is 4.92 Å². The second kappa shape index (κ2) is 12.7. The summed E-state index contributed by atoms with van der Waals surface area (Å²) in [5.74, 6) is 0.512. The third kappa shape index (κ3) is 7.54. The molecule has 4 aromatic carbocycles. The maximum Gasteiger partial charge on any atom is 0.269 e. The molecule has 0 aliphatic heterocycles. The van der Waals surface area contributed by atoms with Crippen molar-refractivity contribution in [2.24, 2.45) is 0 Å². The van der Waals surface area contributed by atoms with Crippen LogP contribution in [0.4, 0.5) is 11.4 Å². The zero-order valence-corrected chi connectivity index (χ0v) is 21.2. The first-order valence-corrected chi connectivity index (χ1v) is 12.1. The van der Waals surface area contributed by atoms with Gasteiger partial charge in [0.2, 0.25) is 0 Å². The van der Waals surface area contributed by atoms with Gasteiger partial charge >= 0.3 is 0 Å². The zero-order chi connectivity index (χ0) is 27.6. The molecule has 0 aliphatic rings. The van der Waals surface area contributed by atoms with E-state index in [0.717, 1.165) is 5.56 Å². The van der Waals surface area contributed by atoms with Crippen molar-refractivity contribution in [3.63, 3.8) is 0 Å². The molecule has 8 nitrogen and oxygen atoms in total. The lowest BCUT2D eigenvalue weighted by molar-refractivity contribution is -0.384. The lowest BCUT2D eigenvalue weighted by Gasteiger charge is -2.10. The normalized spacial score (nSPS) is 10.8. The number of nitro groups is 1. The number of carbonyl (C=O) groups is 1. The number of para-hydroxylation sites is 1. The molecule has 0 saturated carbocycles. The molecule has 0 unspecified atom stereocenters. The van der Waals surface area contributed by atoms with Crippen LogP contribution in [0.1, 0.15) is 22.3 Å². The molecule has 0 spiro atoms. The smallest absolute Gasteiger partial charge is 0.269 e. The average Bonchev–Trinajstić information content (AvgIpc) is 2.96. The Labute approximate surface area is 225 Å². The van der Waals surface area contributed by atoms with E-state index in [-0.39, 0.29) is 17.9 Å². The van der Waals surface area contributed by atoms with E-state index in [1.54, 1.807) is 60.7 Å². The monoisotopic (exact) mass is 519 g/mol. The van der Waals surface area contributed by atoms with Gasteiger partial charge < -0.3 is 14.8 Å². The molecular formula is C31H25N3O5. The highest BCUT2D eigenvalue weighted by atomic mass is 16.6. The Morgan fingerprint density at radius 3 is 2.36 bits per heavy atom. The molecular weight excluding hydrogens is 494 g/mol. The van der Waals surface area contributed by atoms with Gasteiger partial charge in [0.25, 0.3) is 11.6 Å². The maximum atomic E-state index is 12.8. The fourth-order valence-electron chi connectivity index (χ4n) is 3.64. The van der Waals surface area contributed by atoms with E-state index >= 15 is 0 Å². The summed E-state index contributed by atoms with van der Waals surface area (Å²) in [5, 5.41) is 23.4. The van der Waals surface area contributed by atoms with Gasteiger partial charge in [-0.25, -0.2) is 0 Å². The highest BCUT2D eigenvalue weighted by Gasteiger charge is 2.12. The SMILES string of the molecule is Cc1ccc(COc2ccc(NC(=O)/C(C#N)=C/c3ccccc3OCc3cccc([N+](=O)[O-])c3)cc2)cc1. The van der Waals surface area contributed by atoms with Crippen LogP contribution in [0, 0.1) is 28.4 Å². The Bertz CT molecular complexity index is 1540. The number of hydrogen-bond acceptors (Lipinski definition) is 6. The number of aryl methyl sites for hydroxylation is 1. The lowest BCUT2D eigenvalue weighted by atomic mass is 10.1. The molecule has 1 amide bonds. The van der Waals surface area contributed by atoms with Crippen molar-refractivity contribution in [1.82, 2.24) is 0 Å². The highest BCUT2D eigenvalue weighted by Crippen LogP contribution is 2.24. The number of nitrogens with one attached hydrogen (secondary N) is 1. The van der Waals surface area contributed by atoms with Gasteiger partial charge in [0, 0.05) is 23.4 Å². The number of non-ortho nitro benzene ring substituents is 1. The van der Waals surface area contributed by atoms with Crippen molar-refractivity contribution in [3.05, 3.63) is 135 Å². The Balaban J connectivity index is 1.40. The fourth-order valence-corrected chi connectivity index (χ4v) is 3.64. The first-order valence-electron chi connectivity index (χ1n) is 12.1. The molecule has 0 heterocycles. The zero-order valence-electron chi connectivity index (χ0n) is 21.2. The van der Waals surface area contributed by atoms with E-state index in [0.29, 0.717) is 34.9 Å². The van der Waals surface area contributed by atoms with Crippen molar-refractivity contribution < 1.29 is 19.2 Å². The summed E-state index contributed by atoms with van der Waals surface area (Å²) in [6, 6.07) is 30.0. The van der Waals surface area contributed by atoms with Crippen LogP contribution in [0.5, 0.6) is 11.5 Å². The van der Waals surface area contributed by atoms with E-state index in [9.17, 15) is 20.2 Å². The molecule has 0 radical (unpaired) electrons. The summed E-state index contributed by atoms with van der Waals surface area (Å²) < 4.78 is 11.7. The molecule has 0 bridgehead atoms. The van der Waals surface area contributed by atoms with Gasteiger partial charge in [-0.05, 0) is 54.5 Å². The van der Waals surface area contributed by atoms with Crippen molar-refractivity contribution in [2.75, 3.05) is 5.32 Å². The molecule has 0 aliphatic carbocycles. The number of nitrogens with zero attached hydrogens (tertiary/aromatic N) is 2. The topological polar surface area (TPSA) is 114 Å². The van der Waals surface area contributed by atoms with Crippen LogP contribution in [-0.4, -0.2) is 10.8 Å². The number of nitro benzene ring substituents is 1. The minimum atomic E-state index is -0.570. The molecule has 0 aromatic heterocycles. The Morgan fingerprint density at radius 1 is 0.923 bits per heavy atom. The number of carbonyl (C=O) groups excluding carboxylic acids is 1. The third-order valence-electron chi connectivity index (χ3n) is 5.74. The number of rotatable bonds is 10. The molecule has 0 saturated heterocycles. The van der Waals surface area contributed by atoms with Crippen molar-refractivity contribution in [2.45, 2.75) is 20.1 Å². The van der Waals surface area contributed by atoms with E-state index in [4.69, 9.17) is 9.47 Å². The maximum absolute atomic E-state index is 12.8. The molecule has 39 heavy (non-hydrogen) atoms. The van der Waals surface area contributed by atoms with Gasteiger partial charge in [-0.3, -0.25) is 14.9 Å². The first-order chi connectivity index (χ1) is 18.9. The molecule has 0 fully saturated rings. The minimum Gasteiger partial charge on any atom is -0.489 e. The molecule has 8 heteroatoms. The van der Waals surface area contributed by atoms with Crippen LogP contribution in [0.2, 0.25) is 0 Å². The van der Waals surface area contributed by atoms with E-state index in [1.165, 1.54) is 23.8 Å². The van der Waals surface area contributed by atoms with Crippen LogP contribution in [0.15, 0.2) is 103 Å².